The van der Waals surface area contributed by atoms with Crippen LogP contribution in [0.4, 0.5) is 4.79 Å². The van der Waals surface area contributed by atoms with E-state index in [9.17, 15) is 9.90 Å². The van der Waals surface area contributed by atoms with Crippen LogP contribution >= 0.6 is 0 Å². The number of carbonyl (C=O) groups excluding carboxylic acids is 1. The molecule has 6 heteroatoms. The molecule has 0 aliphatic rings. The maximum Gasteiger partial charge on any atom is 0.407 e. The lowest BCUT2D eigenvalue weighted by molar-refractivity contribution is 0.0436. The van der Waals surface area contributed by atoms with E-state index in [1.807, 2.05) is 0 Å². The zero-order valence-electron chi connectivity index (χ0n) is 14.5. The number of nitriles is 1. The van der Waals surface area contributed by atoms with E-state index in [-0.39, 0.29) is 0 Å². The fraction of sp³-hybridized carbons (Fsp3) is 0.875. The molecule has 1 amide bonds. The highest BCUT2D eigenvalue weighted by atomic mass is 16.6. The summed E-state index contributed by atoms with van der Waals surface area (Å²) in [6, 6.07) is 1.75. The van der Waals surface area contributed by atoms with E-state index in [1.165, 1.54) is 0 Å². The summed E-state index contributed by atoms with van der Waals surface area (Å²) in [5.41, 5.74) is -0.553. The van der Waals surface area contributed by atoms with Gasteiger partial charge in [0.2, 0.25) is 0 Å². The minimum absolute atomic E-state index is 0.389. The van der Waals surface area contributed by atoms with E-state index < -0.39 is 23.8 Å². The first-order chi connectivity index (χ1) is 10.2. The van der Waals surface area contributed by atoms with Crippen molar-refractivity contribution in [3.63, 3.8) is 0 Å². The maximum absolute atomic E-state index is 11.6. The number of aliphatic hydroxyl groups excluding tert-OH is 1. The van der Waals surface area contributed by atoms with Crippen LogP contribution in [0.2, 0.25) is 0 Å². The number of aliphatic hydroxyl groups is 1. The molecule has 3 N–H and O–H groups in total. The highest BCUT2D eigenvalue weighted by Gasteiger charge is 2.21. The number of alkyl carbamates (subject to hydrolysis) is 1. The van der Waals surface area contributed by atoms with Crippen molar-refractivity contribution in [3.8, 4) is 6.07 Å². The Morgan fingerprint density at radius 2 is 2.00 bits per heavy atom. The Morgan fingerprint density at radius 3 is 2.50 bits per heavy atom. The second-order valence-corrected chi connectivity index (χ2v) is 6.63. The van der Waals surface area contributed by atoms with Gasteiger partial charge in [-0.3, -0.25) is 0 Å². The average Bonchev–Trinajstić information content (AvgIpc) is 2.39. The molecular weight excluding hydrogens is 282 g/mol. The molecule has 22 heavy (non-hydrogen) atoms. The lowest BCUT2D eigenvalue weighted by Crippen LogP contribution is -2.47. The Balaban J connectivity index is 4.02. The van der Waals surface area contributed by atoms with Crippen LogP contribution in [-0.2, 0) is 4.74 Å². The lowest BCUT2D eigenvalue weighted by Gasteiger charge is -2.25. The molecule has 0 aliphatic carbocycles. The number of carbonyl (C=O) groups is 1. The highest BCUT2D eigenvalue weighted by molar-refractivity contribution is 5.68. The minimum Gasteiger partial charge on any atom is -0.444 e. The van der Waals surface area contributed by atoms with Gasteiger partial charge in [0.25, 0.3) is 0 Å². The Kier molecular flexibility index (Phi) is 9.79. The molecule has 0 saturated heterocycles. The smallest absolute Gasteiger partial charge is 0.407 e. The standard InChI is InChI=1S/C16H31N3O3/c1-6-13(8-7-9-17)10-18-11-14(20)12(2)19-15(21)22-16(3,4)5/h12-14,18,20H,6-8,10-11H2,1-5H3,(H,19,21)/t12-,13?,14+/m0/s1. The number of amides is 1. The van der Waals surface area contributed by atoms with Crippen molar-refractivity contribution < 1.29 is 14.6 Å². The van der Waals surface area contributed by atoms with Gasteiger partial charge in [-0.05, 0) is 46.6 Å². The van der Waals surface area contributed by atoms with E-state index in [4.69, 9.17) is 10.00 Å². The number of hydrogen-bond acceptors (Lipinski definition) is 5. The van der Waals surface area contributed by atoms with E-state index >= 15 is 0 Å². The Morgan fingerprint density at radius 1 is 1.36 bits per heavy atom. The van der Waals surface area contributed by atoms with Crippen molar-refractivity contribution in [2.45, 2.75) is 71.6 Å². The SMILES string of the molecule is CCC(CCC#N)CNC[C@@H](O)[C@H](C)NC(=O)OC(C)(C)C. The average molecular weight is 313 g/mol. The van der Waals surface area contributed by atoms with E-state index in [1.54, 1.807) is 27.7 Å². The van der Waals surface area contributed by atoms with Crippen LogP contribution in [0.15, 0.2) is 0 Å². The molecule has 0 bridgehead atoms. The van der Waals surface area contributed by atoms with Crippen LogP contribution in [0.3, 0.4) is 0 Å². The molecule has 0 rings (SSSR count). The van der Waals surface area contributed by atoms with Crippen molar-refractivity contribution in [1.82, 2.24) is 10.6 Å². The molecule has 0 heterocycles. The summed E-state index contributed by atoms with van der Waals surface area (Å²) >= 11 is 0. The van der Waals surface area contributed by atoms with Gasteiger partial charge in [-0.2, -0.15) is 5.26 Å². The van der Waals surface area contributed by atoms with Crippen LogP contribution in [-0.4, -0.2) is 42.0 Å². The molecule has 0 aliphatic heterocycles. The van der Waals surface area contributed by atoms with E-state index in [2.05, 4.69) is 23.6 Å². The van der Waals surface area contributed by atoms with Crippen LogP contribution in [0, 0.1) is 17.2 Å². The fourth-order valence-electron chi connectivity index (χ4n) is 1.92. The number of nitrogens with zero attached hydrogens (tertiary/aromatic N) is 1. The van der Waals surface area contributed by atoms with Gasteiger partial charge in [0, 0.05) is 13.0 Å². The van der Waals surface area contributed by atoms with Crippen LogP contribution < -0.4 is 10.6 Å². The van der Waals surface area contributed by atoms with Crippen molar-refractivity contribution >= 4 is 6.09 Å². The largest absolute Gasteiger partial charge is 0.444 e. The molecule has 0 saturated carbocycles. The monoisotopic (exact) mass is 313 g/mol. The van der Waals surface area contributed by atoms with Crippen molar-refractivity contribution in [3.05, 3.63) is 0 Å². The third kappa shape index (κ3) is 10.4. The highest BCUT2D eigenvalue weighted by Crippen LogP contribution is 2.09. The Bertz CT molecular complexity index is 361. The van der Waals surface area contributed by atoms with E-state index in [0.717, 1.165) is 19.4 Å². The van der Waals surface area contributed by atoms with E-state index in [0.29, 0.717) is 18.9 Å². The number of nitrogens with one attached hydrogen (secondary N) is 2. The zero-order valence-corrected chi connectivity index (χ0v) is 14.5. The molecule has 0 aromatic rings. The predicted molar refractivity (Wildman–Crippen MR) is 86.3 cm³/mol. The number of rotatable bonds is 9. The minimum atomic E-state index is -0.694. The van der Waals surface area contributed by atoms with Crippen molar-refractivity contribution in [1.29, 1.82) is 5.26 Å². The summed E-state index contributed by atoms with van der Waals surface area (Å²) in [5.74, 6) is 0.431. The van der Waals surface area contributed by atoms with Gasteiger partial charge in [0.05, 0.1) is 18.2 Å². The molecule has 6 nitrogen and oxygen atoms in total. The van der Waals surface area contributed by atoms with Crippen molar-refractivity contribution in [2.75, 3.05) is 13.1 Å². The van der Waals surface area contributed by atoms with Gasteiger partial charge < -0.3 is 20.5 Å². The molecule has 0 aromatic heterocycles. The summed E-state index contributed by atoms with van der Waals surface area (Å²) < 4.78 is 5.15. The van der Waals surface area contributed by atoms with Gasteiger partial charge in [-0.1, -0.05) is 13.3 Å². The zero-order chi connectivity index (χ0) is 17.2. The summed E-state index contributed by atoms with van der Waals surface area (Å²) in [7, 11) is 0. The first-order valence-corrected chi connectivity index (χ1v) is 7.94. The molecule has 1 unspecified atom stereocenters. The third-order valence-electron chi connectivity index (χ3n) is 3.35. The first-order valence-electron chi connectivity index (χ1n) is 7.94. The first kappa shape index (κ1) is 20.7. The number of hydrogen-bond donors (Lipinski definition) is 3. The molecule has 0 aromatic carbocycles. The quantitative estimate of drug-likeness (QED) is 0.606. The maximum atomic E-state index is 11.6. The third-order valence-corrected chi connectivity index (χ3v) is 3.35. The molecule has 128 valence electrons. The van der Waals surface area contributed by atoms with Gasteiger partial charge >= 0.3 is 6.09 Å². The van der Waals surface area contributed by atoms with Crippen LogP contribution in [0.25, 0.3) is 0 Å². The molecule has 0 spiro atoms. The molecule has 0 fully saturated rings. The van der Waals surface area contributed by atoms with Gasteiger partial charge in [0.15, 0.2) is 0 Å². The van der Waals surface area contributed by atoms with Crippen molar-refractivity contribution in [2.24, 2.45) is 5.92 Å². The number of ether oxygens (including phenoxy) is 1. The molecule has 0 radical (unpaired) electrons. The summed E-state index contributed by atoms with van der Waals surface area (Å²) in [5, 5.41) is 24.5. The lowest BCUT2D eigenvalue weighted by atomic mass is 10.0. The van der Waals surface area contributed by atoms with Gasteiger partial charge in [-0.25, -0.2) is 4.79 Å². The second-order valence-electron chi connectivity index (χ2n) is 6.63. The Hall–Kier alpha value is -1.32. The molecule has 3 atom stereocenters. The van der Waals surface area contributed by atoms with Gasteiger partial charge in [0.1, 0.15) is 5.60 Å². The van der Waals surface area contributed by atoms with Crippen LogP contribution in [0.5, 0.6) is 0 Å². The van der Waals surface area contributed by atoms with Crippen LogP contribution in [0.1, 0.15) is 53.9 Å². The molecular formula is C16H31N3O3. The topological polar surface area (TPSA) is 94.4 Å². The predicted octanol–water partition coefficient (Wildman–Crippen LogP) is 2.18. The summed E-state index contributed by atoms with van der Waals surface area (Å²) in [6.07, 6.45) is 1.19. The summed E-state index contributed by atoms with van der Waals surface area (Å²) in [6.45, 7) is 10.4. The summed E-state index contributed by atoms with van der Waals surface area (Å²) in [4.78, 5) is 11.6. The van der Waals surface area contributed by atoms with Gasteiger partial charge in [-0.15, -0.1) is 0 Å². The second kappa shape index (κ2) is 10.4. The fourth-order valence-corrected chi connectivity index (χ4v) is 1.92. The Labute approximate surface area is 134 Å². The normalized spacial score (nSPS) is 15.5.